The van der Waals surface area contributed by atoms with Crippen molar-refractivity contribution in [3.05, 3.63) is 72.1 Å². The molecule has 0 bridgehead atoms. The van der Waals surface area contributed by atoms with E-state index in [9.17, 15) is 4.39 Å². The molecule has 3 aromatic rings. The van der Waals surface area contributed by atoms with Crippen LogP contribution in [0.15, 0.2) is 60.7 Å². The summed E-state index contributed by atoms with van der Waals surface area (Å²) in [6, 6.07) is 12.7. The number of rotatable bonds is 6. The normalized spacial score (nSPS) is 15.6. The molecule has 6 heteroatoms. The van der Waals surface area contributed by atoms with Crippen molar-refractivity contribution in [1.29, 1.82) is 0 Å². The molecule has 1 fully saturated rings. The Morgan fingerprint density at radius 2 is 1.96 bits per heavy atom. The zero-order valence-electron chi connectivity index (χ0n) is 15.1. The van der Waals surface area contributed by atoms with Gasteiger partial charge in [-0.25, -0.2) is 14.4 Å². The summed E-state index contributed by atoms with van der Waals surface area (Å²) < 4.78 is 13.4. The molecule has 138 valence electrons. The van der Waals surface area contributed by atoms with Crippen molar-refractivity contribution in [2.24, 2.45) is 11.7 Å². The second-order valence-electron chi connectivity index (χ2n) is 6.93. The van der Waals surface area contributed by atoms with Gasteiger partial charge in [-0.15, -0.1) is 0 Å². The van der Waals surface area contributed by atoms with Crippen molar-refractivity contribution in [2.45, 2.75) is 25.8 Å². The standard InChI is InChI=1S/C21H22FN5/c1-13(27-21-18-9-6-16(22)10-20(18)25-12-26-21)14-4-7-17(8-5-14)24-11-19(23)15-2-3-15/h4-13,15,24H,2-3,23H2,1H3,(H,25,26,27)/b19-11-. The van der Waals surface area contributed by atoms with Crippen LogP contribution in [-0.2, 0) is 0 Å². The Labute approximate surface area is 157 Å². The molecule has 1 heterocycles. The number of nitrogens with two attached hydrogens (primary N) is 1. The zero-order chi connectivity index (χ0) is 18.8. The Bertz CT molecular complexity index is 980. The summed E-state index contributed by atoms with van der Waals surface area (Å²) in [5.74, 6) is 0.937. The van der Waals surface area contributed by atoms with Crippen LogP contribution in [0.1, 0.15) is 31.4 Å². The third-order valence-electron chi connectivity index (χ3n) is 4.82. The maximum atomic E-state index is 13.4. The monoisotopic (exact) mass is 363 g/mol. The van der Waals surface area contributed by atoms with E-state index >= 15 is 0 Å². The van der Waals surface area contributed by atoms with Gasteiger partial charge in [0, 0.05) is 35.1 Å². The number of anilines is 2. The average molecular weight is 363 g/mol. The number of allylic oxidation sites excluding steroid dienone is 1. The van der Waals surface area contributed by atoms with Gasteiger partial charge in [0.1, 0.15) is 18.0 Å². The van der Waals surface area contributed by atoms with Crippen LogP contribution >= 0.6 is 0 Å². The van der Waals surface area contributed by atoms with Gasteiger partial charge in [0.2, 0.25) is 0 Å². The van der Waals surface area contributed by atoms with Gasteiger partial charge in [-0.3, -0.25) is 0 Å². The molecule has 27 heavy (non-hydrogen) atoms. The number of benzene rings is 2. The minimum absolute atomic E-state index is 0.0364. The molecule has 5 nitrogen and oxygen atoms in total. The van der Waals surface area contributed by atoms with Crippen molar-refractivity contribution in [3.63, 3.8) is 0 Å². The van der Waals surface area contributed by atoms with Gasteiger partial charge in [-0.1, -0.05) is 12.1 Å². The second-order valence-corrected chi connectivity index (χ2v) is 6.93. The second kappa shape index (κ2) is 7.23. The summed E-state index contributed by atoms with van der Waals surface area (Å²) in [7, 11) is 0. The van der Waals surface area contributed by atoms with Crippen LogP contribution in [0.4, 0.5) is 15.9 Å². The van der Waals surface area contributed by atoms with Gasteiger partial charge in [0.05, 0.1) is 5.52 Å². The number of nitrogens with zero attached hydrogens (tertiary/aromatic N) is 2. The fourth-order valence-electron chi connectivity index (χ4n) is 3.00. The predicted molar refractivity (Wildman–Crippen MR) is 107 cm³/mol. The Morgan fingerprint density at radius 3 is 2.70 bits per heavy atom. The number of nitrogens with one attached hydrogen (secondary N) is 2. The molecule has 4 N–H and O–H groups in total. The van der Waals surface area contributed by atoms with E-state index in [-0.39, 0.29) is 11.9 Å². The minimum atomic E-state index is -0.306. The van der Waals surface area contributed by atoms with E-state index in [1.165, 1.54) is 31.3 Å². The SMILES string of the molecule is CC(Nc1ncnc2cc(F)ccc12)c1ccc(N/C=C(\N)C2CC2)cc1. The quantitative estimate of drug-likeness (QED) is 0.598. The lowest BCUT2D eigenvalue weighted by molar-refractivity contribution is 0.629. The van der Waals surface area contributed by atoms with Gasteiger partial charge in [0.15, 0.2) is 0 Å². The molecule has 4 rings (SSSR count). The van der Waals surface area contributed by atoms with Crippen molar-refractivity contribution in [1.82, 2.24) is 9.97 Å². The van der Waals surface area contributed by atoms with E-state index in [0.29, 0.717) is 17.3 Å². The van der Waals surface area contributed by atoms with Crippen LogP contribution in [0.3, 0.4) is 0 Å². The molecule has 0 spiro atoms. The molecule has 0 radical (unpaired) electrons. The lowest BCUT2D eigenvalue weighted by Gasteiger charge is -2.16. The summed E-state index contributed by atoms with van der Waals surface area (Å²) in [4.78, 5) is 8.44. The van der Waals surface area contributed by atoms with E-state index in [2.05, 4.69) is 39.7 Å². The first-order chi connectivity index (χ1) is 13.1. The maximum Gasteiger partial charge on any atom is 0.137 e. The Kier molecular flexibility index (Phi) is 4.62. The van der Waals surface area contributed by atoms with Crippen LogP contribution in [-0.4, -0.2) is 9.97 Å². The van der Waals surface area contributed by atoms with E-state index in [1.807, 2.05) is 18.3 Å². The molecule has 1 aromatic heterocycles. The third kappa shape index (κ3) is 4.00. The molecular weight excluding hydrogens is 341 g/mol. The summed E-state index contributed by atoms with van der Waals surface area (Å²) in [5, 5.41) is 7.43. The first-order valence-corrected chi connectivity index (χ1v) is 9.09. The van der Waals surface area contributed by atoms with E-state index < -0.39 is 0 Å². The number of hydrogen-bond donors (Lipinski definition) is 3. The third-order valence-corrected chi connectivity index (χ3v) is 4.82. The topological polar surface area (TPSA) is 75.9 Å². The summed E-state index contributed by atoms with van der Waals surface area (Å²) >= 11 is 0. The van der Waals surface area contributed by atoms with Crippen LogP contribution in [0.25, 0.3) is 10.9 Å². The summed E-state index contributed by atoms with van der Waals surface area (Å²) in [6.07, 6.45) is 5.72. The van der Waals surface area contributed by atoms with Crippen LogP contribution in [0.2, 0.25) is 0 Å². The van der Waals surface area contributed by atoms with Gasteiger partial charge in [-0.05, 0) is 55.5 Å². The highest BCUT2D eigenvalue weighted by molar-refractivity contribution is 5.88. The van der Waals surface area contributed by atoms with E-state index in [4.69, 9.17) is 5.73 Å². The Morgan fingerprint density at radius 1 is 1.19 bits per heavy atom. The number of hydrogen-bond acceptors (Lipinski definition) is 5. The van der Waals surface area contributed by atoms with Crippen molar-refractivity contribution < 1.29 is 4.39 Å². The van der Waals surface area contributed by atoms with Gasteiger partial charge >= 0.3 is 0 Å². The van der Waals surface area contributed by atoms with Crippen molar-refractivity contribution >= 4 is 22.4 Å². The molecule has 1 aliphatic carbocycles. The summed E-state index contributed by atoms with van der Waals surface area (Å²) in [6.45, 7) is 2.06. The van der Waals surface area contributed by atoms with E-state index in [0.717, 1.165) is 22.3 Å². The molecule has 1 saturated carbocycles. The number of aromatic nitrogens is 2. The van der Waals surface area contributed by atoms with Gasteiger partial charge in [-0.2, -0.15) is 0 Å². The average Bonchev–Trinajstić information content (AvgIpc) is 3.52. The molecular formula is C21H22FN5. The molecule has 0 saturated heterocycles. The fourth-order valence-corrected chi connectivity index (χ4v) is 3.00. The Balaban J connectivity index is 1.47. The number of fused-ring (bicyclic) bond motifs is 1. The smallest absolute Gasteiger partial charge is 0.137 e. The summed E-state index contributed by atoms with van der Waals surface area (Å²) in [5.41, 5.74) is 9.62. The minimum Gasteiger partial charge on any atom is -0.401 e. The molecule has 1 aliphatic rings. The maximum absolute atomic E-state index is 13.4. The van der Waals surface area contributed by atoms with Crippen LogP contribution in [0, 0.1) is 11.7 Å². The van der Waals surface area contributed by atoms with Crippen molar-refractivity contribution in [3.8, 4) is 0 Å². The largest absolute Gasteiger partial charge is 0.401 e. The highest BCUT2D eigenvalue weighted by Gasteiger charge is 2.23. The molecule has 0 aliphatic heterocycles. The predicted octanol–water partition coefficient (Wildman–Crippen LogP) is 4.56. The van der Waals surface area contributed by atoms with Gasteiger partial charge < -0.3 is 16.4 Å². The fraction of sp³-hybridized carbons (Fsp3) is 0.238. The highest BCUT2D eigenvalue weighted by Crippen LogP contribution is 2.33. The van der Waals surface area contributed by atoms with Crippen LogP contribution < -0.4 is 16.4 Å². The molecule has 2 aromatic carbocycles. The van der Waals surface area contributed by atoms with Gasteiger partial charge in [0.25, 0.3) is 0 Å². The molecule has 1 unspecified atom stereocenters. The molecule has 0 amide bonds. The highest BCUT2D eigenvalue weighted by atomic mass is 19.1. The van der Waals surface area contributed by atoms with Crippen molar-refractivity contribution in [2.75, 3.05) is 10.6 Å². The van der Waals surface area contributed by atoms with Crippen LogP contribution in [0.5, 0.6) is 0 Å². The first-order valence-electron chi connectivity index (χ1n) is 9.09. The Hall–Kier alpha value is -3.15. The lowest BCUT2D eigenvalue weighted by Crippen LogP contribution is -2.09. The van der Waals surface area contributed by atoms with E-state index in [1.54, 1.807) is 6.07 Å². The molecule has 1 atom stereocenters. The zero-order valence-corrected chi connectivity index (χ0v) is 15.1. The first kappa shape index (κ1) is 17.3. The lowest BCUT2D eigenvalue weighted by atomic mass is 10.1. The number of halogens is 1.